The Morgan fingerprint density at radius 2 is 2.00 bits per heavy atom. The zero-order valence-corrected chi connectivity index (χ0v) is 11.6. The zero-order valence-electron chi connectivity index (χ0n) is 10.0. The summed E-state index contributed by atoms with van der Waals surface area (Å²) in [7, 11) is 1.99. The Hall–Kier alpha value is -0.830. The molecule has 90 valence electrons. The van der Waals surface area contributed by atoms with Gasteiger partial charge in [-0.25, -0.2) is 0 Å². The Morgan fingerprint density at radius 3 is 2.71 bits per heavy atom. The Bertz CT molecular complexity index is 492. The van der Waals surface area contributed by atoms with Crippen LogP contribution in [0.15, 0.2) is 36.4 Å². The lowest BCUT2D eigenvalue weighted by Gasteiger charge is -2.07. The van der Waals surface area contributed by atoms with Gasteiger partial charge in [0.05, 0.1) is 0 Å². The first-order chi connectivity index (χ1) is 8.22. The molecule has 17 heavy (non-hydrogen) atoms. The lowest BCUT2D eigenvalue weighted by atomic mass is 10.1. The van der Waals surface area contributed by atoms with Gasteiger partial charge in [0.1, 0.15) is 0 Å². The summed E-state index contributed by atoms with van der Waals surface area (Å²) in [6.45, 7) is 3.24. The van der Waals surface area contributed by atoms with Crippen LogP contribution in [0, 0.1) is 0 Å². The van der Waals surface area contributed by atoms with Crippen molar-refractivity contribution in [1.29, 1.82) is 0 Å². The van der Waals surface area contributed by atoms with Crippen molar-refractivity contribution in [3.63, 3.8) is 0 Å². The third-order valence-corrected chi connectivity index (χ3v) is 4.44. The molecule has 2 aromatic rings. The molecular formula is C14H16ClNS. The van der Waals surface area contributed by atoms with Gasteiger partial charge in [-0.3, -0.25) is 0 Å². The van der Waals surface area contributed by atoms with E-state index in [0.717, 1.165) is 17.1 Å². The van der Waals surface area contributed by atoms with E-state index in [0.29, 0.717) is 5.92 Å². The lowest BCUT2D eigenvalue weighted by molar-refractivity contribution is 0.687. The molecule has 1 unspecified atom stereocenters. The highest BCUT2D eigenvalue weighted by Crippen LogP contribution is 2.35. The van der Waals surface area contributed by atoms with E-state index in [2.05, 4.69) is 30.4 Å². The van der Waals surface area contributed by atoms with Crippen LogP contribution in [0.3, 0.4) is 0 Å². The summed E-state index contributed by atoms with van der Waals surface area (Å²) in [5, 5.41) is 4.03. The minimum atomic E-state index is 0.543. The van der Waals surface area contributed by atoms with Crippen LogP contribution in [0.5, 0.6) is 0 Å². The smallest absolute Gasteiger partial charge is 0.0492 e. The fourth-order valence-electron chi connectivity index (χ4n) is 1.83. The second-order valence-corrected chi connectivity index (χ2v) is 5.66. The molecule has 1 aromatic carbocycles. The number of hydrogen-bond donors (Lipinski definition) is 1. The van der Waals surface area contributed by atoms with Crippen LogP contribution >= 0.6 is 22.9 Å². The van der Waals surface area contributed by atoms with Crippen molar-refractivity contribution in [2.24, 2.45) is 0 Å². The van der Waals surface area contributed by atoms with E-state index in [1.54, 1.807) is 0 Å². The van der Waals surface area contributed by atoms with Crippen LogP contribution in [0.1, 0.15) is 17.7 Å². The summed E-state index contributed by atoms with van der Waals surface area (Å²) < 4.78 is 0. The van der Waals surface area contributed by atoms with E-state index in [4.69, 9.17) is 11.6 Å². The van der Waals surface area contributed by atoms with E-state index in [1.165, 1.54) is 9.75 Å². The molecule has 0 aliphatic heterocycles. The van der Waals surface area contributed by atoms with Gasteiger partial charge >= 0.3 is 0 Å². The molecule has 0 spiro atoms. The van der Waals surface area contributed by atoms with Gasteiger partial charge in [0, 0.05) is 32.8 Å². The Balaban J connectivity index is 2.27. The Morgan fingerprint density at radius 1 is 1.24 bits per heavy atom. The first-order valence-corrected chi connectivity index (χ1v) is 6.91. The molecule has 0 radical (unpaired) electrons. The molecule has 0 saturated heterocycles. The third kappa shape index (κ3) is 2.89. The first kappa shape index (κ1) is 12.6. The number of likely N-dealkylation sites (N-methyl/N-ethyl adjacent to an activating group) is 1. The Labute approximate surface area is 111 Å². The zero-order chi connectivity index (χ0) is 12.3. The predicted octanol–water partition coefficient (Wildman–Crippen LogP) is 4.39. The molecule has 0 aliphatic carbocycles. The number of rotatable bonds is 4. The van der Waals surface area contributed by atoms with Crippen LogP contribution in [-0.2, 0) is 0 Å². The van der Waals surface area contributed by atoms with Crippen LogP contribution in [0.4, 0.5) is 0 Å². The maximum absolute atomic E-state index is 6.20. The van der Waals surface area contributed by atoms with Gasteiger partial charge in [0.25, 0.3) is 0 Å². The average Bonchev–Trinajstić information content (AvgIpc) is 2.79. The summed E-state index contributed by atoms with van der Waals surface area (Å²) in [5.41, 5.74) is 1.13. The van der Waals surface area contributed by atoms with E-state index in [-0.39, 0.29) is 0 Å². The van der Waals surface area contributed by atoms with Gasteiger partial charge in [-0.1, -0.05) is 36.7 Å². The molecule has 2 rings (SSSR count). The number of nitrogens with one attached hydrogen (secondary N) is 1. The molecule has 0 bridgehead atoms. The highest BCUT2D eigenvalue weighted by atomic mass is 35.5. The molecule has 0 amide bonds. The van der Waals surface area contributed by atoms with E-state index in [1.807, 2.05) is 36.6 Å². The van der Waals surface area contributed by atoms with Crippen molar-refractivity contribution in [2.75, 3.05) is 13.6 Å². The number of benzene rings is 1. The van der Waals surface area contributed by atoms with E-state index in [9.17, 15) is 0 Å². The molecular weight excluding hydrogens is 250 g/mol. The van der Waals surface area contributed by atoms with Crippen LogP contribution < -0.4 is 5.32 Å². The molecule has 1 aromatic heterocycles. The molecule has 1 nitrogen and oxygen atoms in total. The van der Waals surface area contributed by atoms with Gasteiger partial charge in [0.15, 0.2) is 0 Å². The lowest BCUT2D eigenvalue weighted by Crippen LogP contribution is -2.13. The maximum atomic E-state index is 6.20. The van der Waals surface area contributed by atoms with Gasteiger partial charge < -0.3 is 5.32 Å². The summed E-state index contributed by atoms with van der Waals surface area (Å²) in [5.74, 6) is 0.543. The number of halogens is 1. The van der Waals surface area contributed by atoms with Crippen molar-refractivity contribution in [3.05, 3.63) is 46.3 Å². The number of thiophene rings is 1. The van der Waals surface area contributed by atoms with Crippen LogP contribution in [0.2, 0.25) is 5.02 Å². The van der Waals surface area contributed by atoms with Crippen LogP contribution in [-0.4, -0.2) is 13.6 Å². The first-order valence-electron chi connectivity index (χ1n) is 5.71. The number of hydrogen-bond acceptors (Lipinski definition) is 2. The summed E-state index contributed by atoms with van der Waals surface area (Å²) in [6, 6.07) is 12.4. The highest BCUT2D eigenvalue weighted by Gasteiger charge is 2.10. The maximum Gasteiger partial charge on any atom is 0.0492 e. The minimum absolute atomic E-state index is 0.543. The highest BCUT2D eigenvalue weighted by molar-refractivity contribution is 7.15. The predicted molar refractivity (Wildman–Crippen MR) is 77.1 cm³/mol. The van der Waals surface area contributed by atoms with Crippen molar-refractivity contribution in [1.82, 2.24) is 5.32 Å². The second-order valence-electron chi connectivity index (χ2n) is 4.14. The molecule has 1 atom stereocenters. The van der Waals surface area contributed by atoms with E-state index >= 15 is 0 Å². The van der Waals surface area contributed by atoms with Crippen molar-refractivity contribution < 1.29 is 0 Å². The van der Waals surface area contributed by atoms with Crippen molar-refractivity contribution >= 4 is 22.9 Å². The Kier molecular flexibility index (Phi) is 4.21. The molecule has 3 heteroatoms. The van der Waals surface area contributed by atoms with Crippen LogP contribution in [0.25, 0.3) is 10.4 Å². The van der Waals surface area contributed by atoms with Gasteiger partial charge in [-0.2, -0.15) is 0 Å². The summed E-state index contributed by atoms with van der Waals surface area (Å²) in [4.78, 5) is 2.64. The average molecular weight is 266 g/mol. The second kappa shape index (κ2) is 5.67. The topological polar surface area (TPSA) is 12.0 Å². The van der Waals surface area contributed by atoms with Gasteiger partial charge in [-0.05, 0) is 25.2 Å². The van der Waals surface area contributed by atoms with E-state index < -0.39 is 0 Å². The standard InChI is InChI=1S/C14H16ClNS/c1-10(9-16-2)13-7-8-14(17-13)11-5-3-4-6-12(11)15/h3-8,10,16H,9H2,1-2H3. The summed E-state index contributed by atoms with van der Waals surface area (Å²) in [6.07, 6.45) is 0. The fourth-order valence-corrected chi connectivity index (χ4v) is 3.22. The minimum Gasteiger partial charge on any atom is -0.319 e. The van der Waals surface area contributed by atoms with Crippen molar-refractivity contribution in [3.8, 4) is 10.4 Å². The molecule has 0 saturated carbocycles. The molecule has 1 heterocycles. The fraction of sp³-hybridized carbons (Fsp3) is 0.286. The quantitative estimate of drug-likeness (QED) is 0.864. The molecule has 0 fully saturated rings. The SMILES string of the molecule is CNCC(C)c1ccc(-c2ccccc2Cl)s1. The van der Waals surface area contributed by atoms with Gasteiger partial charge in [-0.15, -0.1) is 11.3 Å². The monoisotopic (exact) mass is 265 g/mol. The molecule has 1 N–H and O–H groups in total. The van der Waals surface area contributed by atoms with Crippen molar-refractivity contribution in [2.45, 2.75) is 12.8 Å². The largest absolute Gasteiger partial charge is 0.319 e. The third-order valence-electron chi connectivity index (χ3n) is 2.76. The van der Waals surface area contributed by atoms with Gasteiger partial charge in [0.2, 0.25) is 0 Å². The molecule has 0 aliphatic rings. The summed E-state index contributed by atoms with van der Waals surface area (Å²) >= 11 is 8.03. The normalized spacial score (nSPS) is 12.6.